The molecule has 0 heterocycles. The van der Waals surface area contributed by atoms with Gasteiger partial charge in [0.2, 0.25) is 5.91 Å². The van der Waals surface area contributed by atoms with Crippen molar-refractivity contribution in [2.24, 2.45) is 5.73 Å². The molecule has 19 heteroatoms. The highest BCUT2D eigenvalue weighted by Gasteiger charge is 2.13. The molecule has 0 bridgehead atoms. The van der Waals surface area contributed by atoms with E-state index >= 15 is 0 Å². The van der Waals surface area contributed by atoms with E-state index in [1.807, 2.05) is 0 Å². The Hall–Kier alpha value is -2.11. The Morgan fingerprint density at radius 1 is 0.346 bits per heavy atom. The lowest BCUT2D eigenvalue weighted by Crippen LogP contribution is -2.37. The molecule has 0 spiro atoms. The number of hydrogen-bond acceptors (Lipinski definition) is 16. The van der Waals surface area contributed by atoms with Crippen LogP contribution in [0.15, 0.2) is 0 Å². The van der Waals surface area contributed by atoms with Gasteiger partial charge in [-0.3, -0.25) is 14.4 Å². The second kappa shape index (κ2) is 41.6. The second-order valence-corrected chi connectivity index (χ2v) is 10.6. The second-order valence-electron chi connectivity index (χ2n) is 10.6. The third kappa shape index (κ3) is 40.7. The Morgan fingerprint density at radius 2 is 0.577 bits per heavy atom. The summed E-state index contributed by atoms with van der Waals surface area (Å²) in [5.74, 6) is -1.89. The highest BCUT2D eigenvalue weighted by Crippen LogP contribution is 1.98. The van der Waals surface area contributed by atoms with Crippen LogP contribution in [0.2, 0.25) is 0 Å². The van der Waals surface area contributed by atoms with Gasteiger partial charge in [0.15, 0.2) is 0 Å². The van der Waals surface area contributed by atoms with Crippen molar-refractivity contribution in [1.82, 2.24) is 4.90 Å². The molecule has 0 radical (unpaired) electrons. The number of nitrogens with two attached hydrogens (primary N) is 1. The Morgan fingerprint density at radius 3 is 0.846 bits per heavy atom. The average Bonchev–Trinajstić information content (AvgIpc) is 3.12. The first-order valence-electron chi connectivity index (χ1n) is 17.8. The first kappa shape index (κ1) is 49.9. The smallest absolute Gasteiger partial charge is 0.305 e. The number of hydrogen-bond donors (Lipinski definition) is 3. The summed E-state index contributed by atoms with van der Waals surface area (Å²) < 4.78 is 64.9. The minimum Gasteiger partial charge on any atom is -0.481 e. The summed E-state index contributed by atoms with van der Waals surface area (Å²) in [7, 11) is 0. The van der Waals surface area contributed by atoms with Crippen molar-refractivity contribution >= 4 is 17.8 Å². The standard InChI is InChI=1S/C33H64N2O17/c34-4-10-44-16-22-50-28-25-47-19-13-41-7-1-31(36)35(5-11-45-17-23-51-29-26-48-20-14-42-8-2-32(37)38)6-12-46-18-24-52-30-27-49-21-15-43-9-3-33(39)40/h1-30,34H2,(H,37,38)(H,39,40). The number of carboxylic acids is 2. The Bertz CT molecular complexity index is 758. The fraction of sp³-hybridized carbons (Fsp3) is 0.909. The SMILES string of the molecule is NCCOCCOCCOCCOCCC(=O)N(CCOCCOCCOCCOCCC(=O)O)CCOCCOCCOCCOCCC(=O)O. The molecule has 0 aromatic heterocycles. The topological polar surface area (TPSA) is 232 Å². The van der Waals surface area contributed by atoms with Gasteiger partial charge in [-0.15, -0.1) is 0 Å². The number of rotatable bonds is 44. The number of nitrogens with zero attached hydrogens (tertiary/aromatic N) is 1. The Kier molecular flexibility index (Phi) is 40.0. The van der Waals surface area contributed by atoms with Gasteiger partial charge in [-0.25, -0.2) is 0 Å². The van der Waals surface area contributed by atoms with Crippen LogP contribution < -0.4 is 5.73 Å². The van der Waals surface area contributed by atoms with E-state index < -0.39 is 11.9 Å². The van der Waals surface area contributed by atoms with Crippen molar-refractivity contribution in [1.29, 1.82) is 0 Å². The number of amides is 1. The molecule has 19 nitrogen and oxygen atoms in total. The fourth-order valence-electron chi connectivity index (χ4n) is 3.72. The zero-order valence-corrected chi connectivity index (χ0v) is 30.8. The van der Waals surface area contributed by atoms with E-state index in [9.17, 15) is 14.4 Å². The lowest BCUT2D eigenvalue weighted by atomic mass is 10.3. The average molecular weight is 761 g/mol. The highest BCUT2D eigenvalue weighted by molar-refractivity contribution is 5.76. The monoisotopic (exact) mass is 760 g/mol. The lowest BCUT2D eigenvalue weighted by molar-refractivity contribution is -0.139. The van der Waals surface area contributed by atoms with E-state index in [1.54, 1.807) is 4.90 Å². The van der Waals surface area contributed by atoms with Crippen LogP contribution in [-0.4, -0.2) is 211 Å². The maximum absolute atomic E-state index is 12.9. The molecule has 0 aromatic rings. The summed E-state index contributed by atoms with van der Waals surface area (Å²) in [6.45, 7) is 9.88. The van der Waals surface area contributed by atoms with Crippen LogP contribution >= 0.6 is 0 Å². The maximum Gasteiger partial charge on any atom is 0.305 e. The predicted octanol–water partition coefficient (Wildman–Crippen LogP) is -0.688. The molecule has 52 heavy (non-hydrogen) atoms. The number of carbonyl (C=O) groups is 3. The summed E-state index contributed by atoms with van der Waals surface area (Å²) in [5, 5.41) is 17.1. The van der Waals surface area contributed by atoms with Crippen LogP contribution in [0.3, 0.4) is 0 Å². The largest absolute Gasteiger partial charge is 0.481 e. The summed E-state index contributed by atoms with van der Waals surface area (Å²) >= 11 is 0. The van der Waals surface area contributed by atoms with Crippen molar-refractivity contribution in [3.8, 4) is 0 Å². The Labute approximate surface area is 307 Å². The summed E-state index contributed by atoms with van der Waals surface area (Å²) in [4.78, 5) is 35.5. The molecule has 0 atom stereocenters. The van der Waals surface area contributed by atoms with Gasteiger partial charge in [-0.2, -0.15) is 0 Å². The van der Waals surface area contributed by atoms with E-state index in [0.717, 1.165) is 0 Å². The van der Waals surface area contributed by atoms with Gasteiger partial charge < -0.3 is 77.7 Å². The van der Waals surface area contributed by atoms with Crippen LogP contribution in [0.5, 0.6) is 0 Å². The van der Waals surface area contributed by atoms with Crippen LogP contribution in [0.4, 0.5) is 0 Å². The molecule has 0 saturated heterocycles. The van der Waals surface area contributed by atoms with Gasteiger partial charge >= 0.3 is 11.9 Å². The van der Waals surface area contributed by atoms with E-state index in [1.165, 1.54) is 0 Å². The van der Waals surface area contributed by atoms with E-state index in [4.69, 9.17) is 72.8 Å². The van der Waals surface area contributed by atoms with Crippen molar-refractivity contribution in [2.75, 3.05) is 178 Å². The summed E-state index contributed by atoms with van der Waals surface area (Å²) in [5.41, 5.74) is 5.35. The molecule has 4 N–H and O–H groups in total. The van der Waals surface area contributed by atoms with E-state index in [0.29, 0.717) is 158 Å². The zero-order chi connectivity index (χ0) is 38.0. The van der Waals surface area contributed by atoms with Gasteiger partial charge in [-0.05, 0) is 0 Å². The van der Waals surface area contributed by atoms with Gasteiger partial charge in [0, 0.05) is 19.6 Å². The number of carbonyl (C=O) groups excluding carboxylic acids is 1. The Balaban J connectivity index is 4.10. The third-order valence-corrected chi connectivity index (χ3v) is 6.35. The molecular formula is C33H64N2O17. The maximum atomic E-state index is 12.9. The molecule has 0 aromatic carbocycles. The molecule has 0 aliphatic heterocycles. The van der Waals surface area contributed by atoms with Crippen LogP contribution in [0.25, 0.3) is 0 Å². The number of aliphatic carboxylic acids is 2. The van der Waals surface area contributed by atoms with Crippen LogP contribution in [0.1, 0.15) is 19.3 Å². The predicted molar refractivity (Wildman–Crippen MR) is 185 cm³/mol. The van der Waals surface area contributed by atoms with Crippen molar-refractivity contribution < 1.29 is 81.4 Å². The zero-order valence-electron chi connectivity index (χ0n) is 30.8. The number of carboxylic acid groups (broad SMARTS) is 2. The summed E-state index contributed by atoms with van der Waals surface area (Å²) in [6.07, 6.45) is 0.129. The first-order valence-corrected chi connectivity index (χ1v) is 17.8. The molecule has 0 saturated carbocycles. The normalized spacial score (nSPS) is 11.3. The van der Waals surface area contributed by atoms with Crippen molar-refractivity contribution in [3.05, 3.63) is 0 Å². The van der Waals surface area contributed by atoms with E-state index in [-0.39, 0.29) is 45.0 Å². The molecule has 0 fully saturated rings. The van der Waals surface area contributed by atoms with E-state index in [2.05, 4.69) is 0 Å². The molecule has 0 rings (SSSR count). The van der Waals surface area contributed by atoms with Gasteiger partial charge in [0.1, 0.15) is 0 Å². The first-order chi connectivity index (χ1) is 25.5. The third-order valence-electron chi connectivity index (χ3n) is 6.35. The number of ether oxygens (including phenoxy) is 12. The molecule has 0 unspecified atom stereocenters. The molecule has 308 valence electrons. The quantitative estimate of drug-likeness (QED) is 0.0653. The van der Waals surface area contributed by atoms with Crippen LogP contribution in [0, 0.1) is 0 Å². The molecule has 0 aliphatic carbocycles. The van der Waals surface area contributed by atoms with Crippen LogP contribution in [-0.2, 0) is 71.2 Å². The molecule has 1 amide bonds. The lowest BCUT2D eigenvalue weighted by Gasteiger charge is -2.23. The fourth-order valence-corrected chi connectivity index (χ4v) is 3.72. The molecular weight excluding hydrogens is 696 g/mol. The van der Waals surface area contributed by atoms with Gasteiger partial charge in [0.25, 0.3) is 0 Å². The van der Waals surface area contributed by atoms with Gasteiger partial charge in [-0.1, -0.05) is 0 Å². The van der Waals surface area contributed by atoms with Crippen molar-refractivity contribution in [2.45, 2.75) is 19.3 Å². The highest BCUT2D eigenvalue weighted by atomic mass is 16.6. The minimum absolute atomic E-state index is 0.0366. The van der Waals surface area contributed by atoms with Gasteiger partial charge in [0.05, 0.1) is 178 Å². The molecule has 0 aliphatic rings. The minimum atomic E-state index is -0.901. The summed E-state index contributed by atoms with van der Waals surface area (Å²) in [6, 6.07) is 0. The van der Waals surface area contributed by atoms with Crippen molar-refractivity contribution in [3.63, 3.8) is 0 Å².